The van der Waals surface area contributed by atoms with Crippen molar-refractivity contribution in [1.29, 1.82) is 0 Å². The lowest BCUT2D eigenvalue weighted by Gasteiger charge is -2.30. The predicted octanol–water partition coefficient (Wildman–Crippen LogP) is 7.63. The molecule has 0 heterocycles. The smallest absolute Gasteiger partial charge is 0.255 e. The van der Waals surface area contributed by atoms with Gasteiger partial charge in [0.1, 0.15) is 11.5 Å². The highest BCUT2D eigenvalue weighted by Crippen LogP contribution is 2.36. The Kier molecular flexibility index (Phi) is 8.32. The Balaban J connectivity index is 1.89. The van der Waals surface area contributed by atoms with E-state index in [0.29, 0.717) is 23.2 Å². The van der Waals surface area contributed by atoms with E-state index in [9.17, 15) is 19.8 Å². The molecule has 0 saturated heterocycles. The average Bonchev–Trinajstić information content (AvgIpc) is 2.90. The number of phenols is 2. The van der Waals surface area contributed by atoms with Gasteiger partial charge in [0.2, 0.25) is 0 Å². The molecular formula is C31H38N2O4. The van der Waals surface area contributed by atoms with Crippen LogP contribution in [0.5, 0.6) is 11.5 Å². The number of hydrogen-bond donors (Lipinski definition) is 4. The summed E-state index contributed by atoms with van der Waals surface area (Å²) in [5.41, 5.74) is 2.59. The van der Waals surface area contributed by atoms with Crippen molar-refractivity contribution < 1.29 is 19.8 Å². The summed E-state index contributed by atoms with van der Waals surface area (Å²) in [4.78, 5) is 25.9. The Morgan fingerprint density at radius 1 is 0.730 bits per heavy atom. The number of aromatic hydroxyl groups is 2. The van der Waals surface area contributed by atoms with Crippen LogP contribution in [0, 0.1) is 5.41 Å². The highest BCUT2D eigenvalue weighted by Gasteiger charge is 2.27. The van der Waals surface area contributed by atoms with E-state index in [4.69, 9.17) is 0 Å². The van der Waals surface area contributed by atoms with Crippen molar-refractivity contribution in [2.45, 2.75) is 66.3 Å². The molecule has 0 fully saturated rings. The van der Waals surface area contributed by atoms with Gasteiger partial charge in [-0.05, 0) is 73.7 Å². The number of hydrogen-bond acceptors (Lipinski definition) is 5. The maximum atomic E-state index is 13.1. The van der Waals surface area contributed by atoms with Crippen LogP contribution in [0.1, 0.15) is 81.5 Å². The summed E-state index contributed by atoms with van der Waals surface area (Å²) in [5, 5.41) is 27.1. The van der Waals surface area contributed by atoms with E-state index in [1.807, 2.05) is 26.8 Å². The lowest BCUT2D eigenvalue weighted by Crippen LogP contribution is -2.32. The molecular weight excluding hydrogens is 464 g/mol. The molecule has 6 nitrogen and oxygen atoms in total. The van der Waals surface area contributed by atoms with Gasteiger partial charge in [-0.25, -0.2) is 0 Å². The Morgan fingerprint density at radius 3 is 1.84 bits per heavy atom. The van der Waals surface area contributed by atoms with Crippen LogP contribution < -0.4 is 10.6 Å². The number of ketones is 1. The van der Waals surface area contributed by atoms with Crippen molar-refractivity contribution in [2.24, 2.45) is 5.41 Å². The monoisotopic (exact) mass is 502 g/mol. The number of amides is 1. The SMILES string of the molecule is CCC(C)(CC)Nc1cc(-c2ccc(O)c(NC(=O)c3cccc(C(=O)C(C)(C)CC)c3)c2)ccc1O. The number of benzene rings is 3. The summed E-state index contributed by atoms with van der Waals surface area (Å²) >= 11 is 0. The van der Waals surface area contributed by atoms with Crippen LogP contribution in [0.3, 0.4) is 0 Å². The first-order chi connectivity index (χ1) is 17.4. The molecule has 3 aromatic rings. The van der Waals surface area contributed by atoms with E-state index in [1.165, 1.54) is 6.07 Å². The molecule has 1 amide bonds. The first-order valence-electron chi connectivity index (χ1n) is 12.8. The summed E-state index contributed by atoms with van der Waals surface area (Å²) < 4.78 is 0. The van der Waals surface area contributed by atoms with E-state index in [1.54, 1.807) is 48.5 Å². The molecule has 3 aromatic carbocycles. The van der Waals surface area contributed by atoms with E-state index in [0.717, 1.165) is 24.0 Å². The number of anilines is 2. The summed E-state index contributed by atoms with van der Waals surface area (Å²) in [5.74, 6) is -0.359. The van der Waals surface area contributed by atoms with Gasteiger partial charge < -0.3 is 20.8 Å². The molecule has 0 unspecified atom stereocenters. The van der Waals surface area contributed by atoms with Crippen molar-refractivity contribution in [2.75, 3.05) is 10.6 Å². The van der Waals surface area contributed by atoms with Crippen LogP contribution in [-0.2, 0) is 0 Å². The van der Waals surface area contributed by atoms with Gasteiger partial charge in [0.05, 0.1) is 11.4 Å². The fraction of sp³-hybridized carbons (Fsp3) is 0.355. The fourth-order valence-corrected chi connectivity index (χ4v) is 3.93. The quantitative estimate of drug-likeness (QED) is 0.169. The molecule has 6 heteroatoms. The Morgan fingerprint density at radius 2 is 1.27 bits per heavy atom. The summed E-state index contributed by atoms with van der Waals surface area (Å²) in [6.45, 7) is 12.1. The third-order valence-electron chi connectivity index (χ3n) is 7.46. The zero-order chi connectivity index (χ0) is 27.4. The second kappa shape index (κ2) is 11.1. The molecule has 3 rings (SSSR count). The number of rotatable bonds is 10. The van der Waals surface area contributed by atoms with Gasteiger partial charge in [-0.15, -0.1) is 0 Å². The first kappa shape index (κ1) is 27.8. The second-order valence-corrected chi connectivity index (χ2v) is 10.5. The lowest BCUT2D eigenvalue weighted by molar-refractivity contribution is 0.0833. The molecule has 0 aliphatic rings. The third kappa shape index (κ3) is 6.31. The predicted molar refractivity (Wildman–Crippen MR) is 151 cm³/mol. The van der Waals surface area contributed by atoms with Crippen molar-refractivity contribution in [3.8, 4) is 22.6 Å². The maximum Gasteiger partial charge on any atom is 0.255 e. The number of Topliss-reactive ketones (excluding diaryl/α,β-unsaturated/α-hetero) is 1. The molecule has 0 aliphatic heterocycles. The second-order valence-electron chi connectivity index (χ2n) is 10.5. The maximum absolute atomic E-state index is 13.1. The van der Waals surface area contributed by atoms with E-state index < -0.39 is 11.3 Å². The lowest BCUT2D eigenvalue weighted by atomic mass is 9.82. The third-order valence-corrected chi connectivity index (χ3v) is 7.46. The van der Waals surface area contributed by atoms with E-state index >= 15 is 0 Å². The molecule has 37 heavy (non-hydrogen) atoms. The largest absolute Gasteiger partial charge is 0.506 e. The highest BCUT2D eigenvalue weighted by molar-refractivity contribution is 6.08. The molecule has 4 N–H and O–H groups in total. The topological polar surface area (TPSA) is 98.7 Å². The van der Waals surface area contributed by atoms with Crippen molar-refractivity contribution in [1.82, 2.24) is 0 Å². The van der Waals surface area contributed by atoms with E-state index in [-0.39, 0.29) is 28.5 Å². The van der Waals surface area contributed by atoms with Gasteiger partial charge in [-0.1, -0.05) is 58.9 Å². The average molecular weight is 503 g/mol. The molecule has 0 saturated carbocycles. The molecule has 0 aliphatic carbocycles. The minimum absolute atomic E-state index is 0.0199. The number of carbonyl (C=O) groups excluding carboxylic acids is 2. The highest BCUT2D eigenvalue weighted by atomic mass is 16.3. The molecule has 0 spiro atoms. The zero-order valence-electron chi connectivity index (χ0n) is 22.6. The fourth-order valence-electron chi connectivity index (χ4n) is 3.93. The van der Waals surface area contributed by atoms with Crippen molar-refractivity contribution >= 4 is 23.1 Å². The number of nitrogens with one attached hydrogen (secondary N) is 2. The summed E-state index contributed by atoms with van der Waals surface area (Å²) in [6, 6.07) is 16.9. The van der Waals surface area contributed by atoms with Crippen molar-refractivity contribution in [3.05, 3.63) is 71.8 Å². The molecule has 0 atom stereocenters. The standard InChI is InChI=1S/C31H38N2O4/c1-7-30(4,5)28(36)22-11-10-12-23(17-22)29(37)32-24-18-20(13-15-26(24)34)21-14-16-27(35)25(19-21)33-31(6,8-2)9-3/h10-19,33-35H,7-9H2,1-6H3,(H,32,37). The summed E-state index contributed by atoms with van der Waals surface area (Å²) in [7, 11) is 0. The van der Waals surface area contributed by atoms with Crippen LogP contribution in [-0.4, -0.2) is 27.4 Å². The normalized spacial score (nSPS) is 11.7. The molecule has 196 valence electrons. The zero-order valence-corrected chi connectivity index (χ0v) is 22.6. The van der Waals surface area contributed by atoms with Crippen LogP contribution in [0.25, 0.3) is 11.1 Å². The van der Waals surface area contributed by atoms with Crippen molar-refractivity contribution in [3.63, 3.8) is 0 Å². The van der Waals surface area contributed by atoms with Gasteiger partial charge in [-0.3, -0.25) is 9.59 Å². The van der Waals surface area contributed by atoms with Crippen LogP contribution in [0.15, 0.2) is 60.7 Å². The van der Waals surface area contributed by atoms with Crippen LogP contribution in [0.2, 0.25) is 0 Å². The minimum atomic E-state index is -0.523. The molecule has 0 radical (unpaired) electrons. The van der Waals surface area contributed by atoms with Gasteiger partial charge >= 0.3 is 0 Å². The Hall–Kier alpha value is -3.80. The van der Waals surface area contributed by atoms with E-state index in [2.05, 4.69) is 31.4 Å². The van der Waals surface area contributed by atoms with Gasteiger partial charge in [-0.2, -0.15) is 0 Å². The van der Waals surface area contributed by atoms with Crippen LogP contribution in [0.4, 0.5) is 11.4 Å². The summed E-state index contributed by atoms with van der Waals surface area (Å²) in [6.07, 6.45) is 2.48. The Bertz CT molecular complexity index is 1290. The first-order valence-corrected chi connectivity index (χ1v) is 12.8. The van der Waals surface area contributed by atoms with Crippen LogP contribution >= 0.6 is 0 Å². The number of carbonyl (C=O) groups is 2. The van der Waals surface area contributed by atoms with Gasteiger partial charge in [0.15, 0.2) is 5.78 Å². The molecule has 0 bridgehead atoms. The van der Waals surface area contributed by atoms with Gasteiger partial charge in [0.25, 0.3) is 5.91 Å². The molecule has 0 aromatic heterocycles. The Labute approximate surface area is 219 Å². The minimum Gasteiger partial charge on any atom is -0.506 e. The van der Waals surface area contributed by atoms with Gasteiger partial charge in [0, 0.05) is 22.1 Å². The number of phenolic OH excluding ortho intramolecular Hbond substituents is 2.